The quantitative estimate of drug-likeness (QED) is 0.476. The molecule has 0 aromatic carbocycles. The van der Waals surface area contributed by atoms with Gasteiger partial charge in [-0.3, -0.25) is 10.1 Å². The minimum atomic E-state index is -0.00329. The number of rotatable bonds is 5. The first-order valence-electron chi connectivity index (χ1n) is 4.51. The third-order valence-corrected chi connectivity index (χ3v) is 1.90. The zero-order chi connectivity index (χ0) is 10.3. The van der Waals surface area contributed by atoms with Gasteiger partial charge in [0.05, 0.1) is 13.1 Å². The maximum Gasteiger partial charge on any atom is 0.234 e. The number of amides is 1. The van der Waals surface area contributed by atoms with E-state index in [1.807, 2.05) is 6.92 Å². The van der Waals surface area contributed by atoms with Crippen molar-refractivity contribution in [3.63, 3.8) is 0 Å². The number of nitrogens with one attached hydrogen (secondary N) is 2. The number of carbonyl (C=O) groups excluding carboxylic acids is 1. The van der Waals surface area contributed by atoms with Crippen molar-refractivity contribution in [1.82, 2.24) is 10.6 Å². The number of terminal acetylenes is 1. The molecule has 3 heteroatoms. The summed E-state index contributed by atoms with van der Waals surface area (Å²) in [6.07, 6.45) is 5.02. The molecular formula is C10H18N2O. The Balaban J connectivity index is 3.57. The van der Waals surface area contributed by atoms with Gasteiger partial charge in [-0.15, -0.1) is 6.42 Å². The van der Waals surface area contributed by atoms with Crippen molar-refractivity contribution < 1.29 is 4.79 Å². The molecule has 0 rings (SSSR count). The maximum atomic E-state index is 11.2. The van der Waals surface area contributed by atoms with E-state index in [1.165, 1.54) is 0 Å². The summed E-state index contributed by atoms with van der Waals surface area (Å²) in [5.74, 6) is 2.86. The fourth-order valence-corrected chi connectivity index (χ4v) is 0.720. The van der Waals surface area contributed by atoms with E-state index >= 15 is 0 Å². The molecule has 1 atom stereocenters. The molecule has 0 aromatic heterocycles. The van der Waals surface area contributed by atoms with E-state index in [1.54, 1.807) is 0 Å². The maximum absolute atomic E-state index is 11.2. The molecule has 0 radical (unpaired) electrons. The van der Waals surface area contributed by atoms with E-state index in [4.69, 9.17) is 6.42 Å². The monoisotopic (exact) mass is 182 g/mol. The van der Waals surface area contributed by atoms with Crippen molar-refractivity contribution in [2.24, 2.45) is 5.92 Å². The molecule has 74 valence electrons. The van der Waals surface area contributed by atoms with Gasteiger partial charge >= 0.3 is 0 Å². The predicted molar refractivity (Wildman–Crippen MR) is 54.1 cm³/mol. The van der Waals surface area contributed by atoms with Crippen LogP contribution in [0.25, 0.3) is 0 Å². The van der Waals surface area contributed by atoms with Crippen molar-refractivity contribution >= 4 is 5.91 Å². The summed E-state index contributed by atoms with van der Waals surface area (Å²) >= 11 is 0. The van der Waals surface area contributed by atoms with Gasteiger partial charge in [-0.1, -0.05) is 19.8 Å². The Morgan fingerprint density at radius 1 is 1.46 bits per heavy atom. The van der Waals surface area contributed by atoms with Gasteiger partial charge < -0.3 is 5.32 Å². The van der Waals surface area contributed by atoms with E-state index in [0.29, 0.717) is 19.0 Å². The Kier molecular flexibility index (Phi) is 5.99. The average Bonchev–Trinajstić information content (AvgIpc) is 2.04. The van der Waals surface area contributed by atoms with E-state index in [2.05, 4.69) is 30.4 Å². The summed E-state index contributed by atoms with van der Waals surface area (Å²) in [6.45, 7) is 6.86. The fraction of sp³-hybridized carbons (Fsp3) is 0.700. The number of carbonyl (C=O) groups is 1. The third-order valence-electron chi connectivity index (χ3n) is 1.90. The Bertz CT molecular complexity index is 194. The van der Waals surface area contributed by atoms with Crippen LogP contribution in [-0.2, 0) is 4.79 Å². The Labute approximate surface area is 80.3 Å². The summed E-state index contributed by atoms with van der Waals surface area (Å²) in [6, 6.07) is 0.208. The summed E-state index contributed by atoms with van der Waals surface area (Å²) in [4.78, 5) is 11.2. The molecule has 13 heavy (non-hydrogen) atoms. The highest BCUT2D eigenvalue weighted by Crippen LogP contribution is 1.98. The molecule has 0 spiro atoms. The van der Waals surface area contributed by atoms with Crippen LogP contribution in [0.4, 0.5) is 0 Å². The molecule has 0 fully saturated rings. The molecule has 0 heterocycles. The summed E-state index contributed by atoms with van der Waals surface area (Å²) in [7, 11) is 0. The lowest BCUT2D eigenvalue weighted by Gasteiger charge is -2.17. The highest BCUT2D eigenvalue weighted by molar-refractivity contribution is 5.78. The Morgan fingerprint density at radius 2 is 2.08 bits per heavy atom. The van der Waals surface area contributed by atoms with Gasteiger partial charge in [0.1, 0.15) is 0 Å². The SMILES string of the molecule is C#CCNCC(=O)NC(C)C(C)C. The van der Waals surface area contributed by atoms with Crippen LogP contribution in [0.1, 0.15) is 20.8 Å². The standard InChI is InChI=1S/C10H18N2O/c1-5-6-11-7-10(13)12-9(4)8(2)3/h1,8-9,11H,6-7H2,2-4H3,(H,12,13). The Hall–Kier alpha value is -1.01. The lowest BCUT2D eigenvalue weighted by atomic mass is 10.1. The first kappa shape index (κ1) is 12.0. The minimum absolute atomic E-state index is 0.00329. The van der Waals surface area contributed by atoms with Crippen molar-refractivity contribution in [2.75, 3.05) is 13.1 Å². The van der Waals surface area contributed by atoms with Gasteiger partial charge in [-0.2, -0.15) is 0 Å². The van der Waals surface area contributed by atoms with Crippen molar-refractivity contribution in [2.45, 2.75) is 26.8 Å². The van der Waals surface area contributed by atoms with Gasteiger partial charge in [0.25, 0.3) is 0 Å². The summed E-state index contributed by atoms with van der Waals surface area (Å²) < 4.78 is 0. The first-order valence-corrected chi connectivity index (χ1v) is 4.51. The van der Waals surface area contributed by atoms with Crippen molar-refractivity contribution in [1.29, 1.82) is 0 Å². The first-order chi connectivity index (χ1) is 6.07. The van der Waals surface area contributed by atoms with E-state index < -0.39 is 0 Å². The predicted octanol–water partition coefficient (Wildman–Crippen LogP) is 0.370. The largest absolute Gasteiger partial charge is 0.352 e. The van der Waals surface area contributed by atoms with E-state index in [9.17, 15) is 4.79 Å². The van der Waals surface area contributed by atoms with Gasteiger partial charge in [0.2, 0.25) is 5.91 Å². The van der Waals surface area contributed by atoms with Gasteiger partial charge in [-0.25, -0.2) is 0 Å². The molecule has 0 aromatic rings. The molecule has 1 amide bonds. The lowest BCUT2D eigenvalue weighted by molar-refractivity contribution is -0.121. The fourth-order valence-electron chi connectivity index (χ4n) is 0.720. The van der Waals surface area contributed by atoms with Crippen LogP contribution < -0.4 is 10.6 Å². The molecule has 0 aliphatic carbocycles. The average molecular weight is 182 g/mol. The molecule has 0 aliphatic heterocycles. The summed E-state index contributed by atoms with van der Waals surface area (Å²) in [5, 5.41) is 5.70. The van der Waals surface area contributed by atoms with Gasteiger partial charge in [0, 0.05) is 6.04 Å². The molecular weight excluding hydrogens is 164 g/mol. The second-order valence-corrected chi connectivity index (χ2v) is 3.41. The lowest BCUT2D eigenvalue weighted by Crippen LogP contribution is -2.41. The van der Waals surface area contributed by atoms with Crippen LogP contribution in [0, 0.1) is 18.3 Å². The molecule has 0 saturated carbocycles. The van der Waals surface area contributed by atoms with Crippen LogP contribution in [0.2, 0.25) is 0 Å². The number of hydrogen-bond donors (Lipinski definition) is 2. The van der Waals surface area contributed by atoms with Crippen LogP contribution in [-0.4, -0.2) is 25.0 Å². The molecule has 0 aliphatic rings. The normalized spacial score (nSPS) is 12.2. The molecule has 2 N–H and O–H groups in total. The van der Waals surface area contributed by atoms with Crippen LogP contribution in [0.3, 0.4) is 0 Å². The topological polar surface area (TPSA) is 41.1 Å². The Morgan fingerprint density at radius 3 is 2.54 bits per heavy atom. The van der Waals surface area contributed by atoms with Crippen LogP contribution in [0.5, 0.6) is 0 Å². The highest BCUT2D eigenvalue weighted by atomic mass is 16.1. The smallest absolute Gasteiger partial charge is 0.234 e. The zero-order valence-electron chi connectivity index (χ0n) is 8.55. The minimum Gasteiger partial charge on any atom is -0.352 e. The van der Waals surface area contributed by atoms with Gasteiger partial charge in [0.15, 0.2) is 0 Å². The zero-order valence-corrected chi connectivity index (χ0v) is 8.55. The molecule has 0 bridgehead atoms. The molecule has 3 nitrogen and oxygen atoms in total. The highest BCUT2D eigenvalue weighted by Gasteiger charge is 2.09. The van der Waals surface area contributed by atoms with Crippen LogP contribution >= 0.6 is 0 Å². The van der Waals surface area contributed by atoms with E-state index in [-0.39, 0.29) is 11.9 Å². The van der Waals surface area contributed by atoms with Crippen LogP contribution in [0.15, 0.2) is 0 Å². The molecule has 1 unspecified atom stereocenters. The second-order valence-electron chi connectivity index (χ2n) is 3.41. The van der Waals surface area contributed by atoms with Crippen molar-refractivity contribution in [3.05, 3.63) is 0 Å². The van der Waals surface area contributed by atoms with Gasteiger partial charge in [-0.05, 0) is 12.8 Å². The molecule has 0 saturated heterocycles. The number of hydrogen-bond acceptors (Lipinski definition) is 2. The second kappa shape index (κ2) is 6.50. The van der Waals surface area contributed by atoms with E-state index in [0.717, 1.165) is 0 Å². The summed E-state index contributed by atoms with van der Waals surface area (Å²) in [5.41, 5.74) is 0. The third kappa shape index (κ3) is 6.18. The van der Waals surface area contributed by atoms with Crippen molar-refractivity contribution in [3.8, 4) is 12.3 Å².